The number of hydrogen-bond donors (Lipinski definition) is 1. The third kappa shape index (κ3) is 3.61. The Morgan fingerprint density at radius 1 is 1.30 bits per heavy atom. The molecule has 1 heterocycles. The van der Waals surface area contributed by atoms with Gasteiger partial charge in [0.05, 0.1) is 4.88 Å². The number of ether oxygens (including phenoxy) is 1. The highest BCUT2D eigenvalue weighted by molar-refractivity contribution is 7.12. The lowest BCUT2D eigenvalue weighted by Crippen LogP contribution is -2.21. The first kappa shape index (κ1) is 14.6. The van der Waals surface area contributed by atoms with Gasteiger partial charge in [-0.2, -0.15) is 0 Å². The first-order valence-corrected chi connectivity index (χ1v) is 7.53. The van der Waals surface area contributed by atoms with Crippen LogP contribution in [0.1, 0.15) is 33.3 Å². The molecule has 0 atom stereocenters. The van der Waals surface area contributed by atoms with Gasteiger partial charge in [-0.25, -0.2) is 0 Å². The van der Waals surface area contributed by atoms with Crippen LogP contribution in [0.15, 0.2) is 29.6 Å². The summed E-state index contributed by atoms with van der Waals surface area (Å²) < 4.78 is 5.83. The number of hydrogen-bond acceptors (Lipinski definition) is 3. The molecule has 2 aromatic rings. The fourth-order valence-electron chi connectivity index (χ4n) is 1.84. The number of benzene rings is 1. The Hall–Kier alpha value is -1.81. The molecule has 0 radical (unpaired) electrons. The van der Waals surface area contributed by atoms with E-state index in [1.54, 1.807) is 0 Å². The summed E-state index contributed by atoms with van der Waals surface area (Å²) in [5.41, 5.74) is 3.32. The van der Waals surface area contributed by atoms with Gasteiger partial charge in [0.15, 0.2) is 0 Å². The van der Waals surface area contributed by atoms with Crippen LogP contribution >= 0.6 is 11.3 Å². The molecule has 0 saturated carbocycles. The molecule has 0 aliphatic rings. The smallest absolute Gasteiger partial charge is 0.261 e. The van der Waals surface area contributed by atoms with Gasteiger partial charge >= 0.3 is 0 Å². The van der Waals surface area contributed by atoms with Gasteiger partial charge in [0.2, 0.25) is 0 Å². The average molecular weight is 289 g/mol. The fourth-order valence-corrected chi connectivity index (χ4v) is 2.65. The molecule has 4 heteroatoms. The standard InChI is InChI=1S/C16H19NO2S/c1-4-17-16(18)15-8-13(10-20-15)9-19-14-7-11(2)5-6-12(14)3/h5-8,10H,4,9H2,1-3H3,(H,17,18). The summed E-state index contributed by atoms with van der Waals surface area (Å²) in [6, 6.07) is 8.05. The van der Waals surface area contributed by atoms with E-state index in [0.717, 1.165) is 21.8 Å². The van der Waals surface area contributed by atoms with Crippen molar-refractivity contribution in [2.75, 3.05) is 6.54 Å². The number of carbonyl (C=O) groups is 1. The molecule has 1 N–H and O–H groups in total. The van der Waals surface area contributed by atoms with Gasteiger partial charge in [-0.1, -0.05) is 12.1 Å². The molecule has 2 rings (SSSR count). The molecule has 1 aromatic carbocycles. The van der Waals surface area contributed by atoms with Gasteiger partial charge in [0, 0.05) is 12.1 Å². The molecule has 0 aliphatic carbocycles. The first-order chi connectivity index (χ1) is 9.60. The Morgan fingerprint density at radius 2 is 2.10 bits per heavy atom. The van der Waals surface area contributed by atoms with Crippen LogP contribution in [0.5, 0.6) is 5.75 Å². The zero-order chi connectivity index (χ0) is 14.5. The number of nitrogens with one attached hydrogen (secondary N) is 1. The maximum absolute atomic E-state index is 11.7. The molecular formula is C16H19NO2S. The van der Waals surface area contributed by atoms with Crippen molar-refractivity contribution in [2.24, 2.45) is 0 Å². The van der Waals surface area contributed by atoms with Crippen LogP contribution in [0.2, 0.25) is 0 Å². The Labute approximate surface area is 123 Å². The monoisotopic (exact) mass is 289 g/mol. The molecule has 0 saturated heterocycles. The van der Waals surface area contributed by atoms with Crippen LogP contribution in [0.3, 0.4) is 0 Å². The van der Waals surface area contributed by atoms with Crippen LogP contribution in [0, 0.1) is 13.8 Å². The highest BCUT2D eigenvalue weighted by Gasteiger charge is 2.08. The van der Waals surface area contributed by atoms with E-state index >= 15 is 0 Å². The lowest BCUT2D eigenvalue weighted by molar-refractivity contribution is 0.0960. The van der Waals surface area contributed by atoms with E-state index in [1.807, 2.05) is 38.3 Å². The van der Waals surface area contributed by atoms with Gasteiger partial charge in [0.25, 0.3) is 5.91 Å². The molecule has 1 aromatic heterocycles. The van der Waals surface area contributed by atoms with Crippen LogP contribution in [0.4, 0.5) is 0 Å². The van der Waals surface area contributed by atoms with Crippen molar-refractivity contribution < 1.29 is 9.53 Å². The minimum absolute atomic E-state index is 0.0181. The van der Waals surface area contributed by atoms with Crippen molar-refractivity contribution in [3.63, 3.8) is 0 Å². The van der Waals surface area contributed by atoms with E-state index in [4.69, 9.17) is 4.74 Å². The first-order valence-electron chi connectivity index (χ1n) is 6.66. The Balaban J connectivity index is 2.01. The van der Waals surface area contributed by atoms with Crippen LogP contribution < -0.4 is 10.1 Å². The number of amides is 1. The zero-order valence-corrected chi connectivity index (χ0v) is 12.8. The highest BCUT2D eigenvalue weighted by Crippen LogP contribution is 2.22. The second-order valence-electron chi connectivity index (χ2n) is 4.74. The molecule has 0 spiro atoms. The predicted octanol–water partition coefficient (Wildman–Crippen LogP) is 3.69. The molecule has 0 fully saturated rings. The van der Waals surface area contributed by atoms with Crippen LogP contribution in [-0.4, -0.2) is 12.5 Å². The third-order valence-electron chi connectivity index (χ3n) is 2.95. The van der Waals surface area contributed by atoms with E-state index in [1.165, 1.54) is 16.9 Å². The van der Waals surface area contributed by atoms with Crippen molar-refractivity contribution in [1.29, 1.82) is 0 Å². The van der Waals surface area contributed by atoms with Gasteiger partial charge < -0.3 is 10.1 Å². The van der Waals surface area contributed by atoms with Gasteiger partial charge in [-0.05, 0) is 49.4 Å². The number of carbonyl (C=O) groups excluding carboxylic acids is 1. The highest BCUT2D eigenvalue weighted by atomic mass is 32.1. The average Bonchev–Trinajstić information content (AvgIpc) is 2.89. The SMILES string of the molecule is CCNC(=O)c1cc(COc2cc(C)ccc2C)cs1. The lowest BCUT2D eigenvalue weighted by Gasteiger charge is -2.08. The summed E-state index contributed by atoms with van der Waals surface area (Å²) in [4.78, 5) is 12.4. The molecule has 20 heavy (non-hydrogen) atoms. The summed E-state index contributed by atoms with van der Waals surface area (Å²) in [6.45, 7) is 7.12. The molecule has 106 valence electrons. The van der Waals surface area contributed by atoms with E-state index in [-0.39, 0.29) is 5.91 Å². The largest absolute Gasteiger partial charge is 0.489 e. The Bertz CT molecular complexity index is 604. The Kier molecular flexibility index (Phi) is 4.79. The zero-order valence-electron chi connectivity index (χ0n) is 12.0. The van der Waals surface area contributed by atoms with E-state index in [9.17, 15) is 4.79 Å². The number of thiophene rings is 1. The second kappa shape index (κ2) is 6.57. The minimum Gasteiger partial charge on any atom is -0.489 e. The van der Waals surface area contributed by atoms with Gasteiger partial charge in [0.1, 0.15) is 12.4 Å². The van der Waals surface area contributed by atoms with Crippen molar-refractivity contribution in [1.82, 2.24) is 5.32 Å². The van der Waals surface area contributed by atoms with E-state index in [0.29, 0.717) is 13.2 Å². The summed E-state index contributed by atoms with van der Waals surface area (Å²) in [5, 5.41) is 4.76. The third-order valence-corrected chi connectivity index (χ3v) is 3.93. The van der Waals surface area contributed by atoms with Crippen molar-refractivity contribution in [2.45, 2.75) is 27.4 Å². The van der Waals surface area contributed by atoms with Gasteiger partial charge in [-0.15, -0.1) is 11.3 Å². The predicted molar refractivity (Wildman–Crippen MR) is 82.6 cm³/mol. The quantitative estimate of drug-likeness (QED) is 0.911. The van der Waals surface area contributed by atoms with Gasteiger partial charge in [-0.3, -0.25) is 4.79 Å². The lowest BCUT2D eigenvalue weighted by atomic mass is 10.1. The molecule has 0 bridgehead atoms. The van der Waals surface area contributed by atoms with E-state index in [2.05, 4.69) is 17.4 Å². The fraction of sp³-hybridized carbons (Fsp3) is 0.312. The molecule has 1 amide bonds. The summed E-state index contributed by atoms with van der Waals surface area (Å²) >= 11 is 1.45. The molecular weight excluding hydrogens is 270 g/mol. The number of rotatable bonds is 5. The maximum Gasteiger partial charge on any atom is 0.261 e. The summed E-state index contributed by atoms with van der Waals surface area (Å²) in [5.74, 6) is 0.881. The summed E-state index contributed by atoms with van der Waals surface area (Å²) in [6.07, 6.45) is 0. The molecule has 0 aliphatic heterocycles. The van der Waals surface area contributed by atoms with Crippen molar-refractivity contribution in [3.8, 4) is 5.75 Å². The summed E-state index contributed by atoms with van der Waals surface area (Å²) in [7, 11) is 0. The maximum atomic E-state index is 11.7. The van der Waals surface area contributed by atoms with Crippen LogP contribution in [0.25, 0.3) is 0 Å². The topological polar surface area (TPSA) is 38.3 Å². The second-order valence-corrected chi connectivity index (χ2v) is 5.65. The van der Waals surface area contributed by atoms with E-state index < -0.39 is 0 Å². The van der Waals surface area contributed by atoms with Crippen molar-refractivity contribution in [3.05, 3.63) is 51.2 Å². The Morgan fingerprint density at radius 3 is 2.85 bits per heavy atom. The normalized spacial score (nSPS) is 10.3. The number of aryl methyl sites for hydroxylation is 2. The molecule has 3 nitrogen and oxygen atoms in total. The molecule has 0 unspecified atom stereocenters. The minimum atomic E-state index is -0.0181. The van der Waals surface area contributed by atoms with Crippen LogP contribution in [-0.2, 0) is 6.61 Å². The van der Waals surface area contributed by atoms with Crippen molar-refractivity contribution >= 4 is 17.2 Å².